The minimum absolute atomic E-state index is 0.00640. The summed E-state index contributed by atoms with van der Waals surface area (Å²) in [6.07, 6.45) is -7.38. The number of benzene rings is 2. The van der Waals surface area contributed by atoms with Crippen molar-refractivity contribution in [2.45, 2.75) is 48.6 Å². The van der Waals surface area contributed by atoms with Crippen LogP contribution in [0.3, 0.4) is 0 Å². The molecular weight excluding hydrogens is 504 g/mol. The Morgan fingerprint density at radius 2 is 1.61 bits per heavy atom. The van der Waals surface area contributed by atoms with Gasteiger partial charge < -0.3 is 59.8 Å². The zero-order valence-corrected chi connectivity index (χ0v) is 21.0. The maximum absolute atomic E-state index is 11.3. The Morgan fingerprint density at radius 3 is 2.21 bits per heavy atom. The Morgan fingerprint density at radius 1 is 0.895 bits per heavy atom. The molecule has 1 fully saturated rings. The van der Waals surface area contributed by atoms with E-state index in [0.717, 1.165) is 0 Å². The first kappa shape index (κ1) is 28.3. The van der Waals surface area contributed by atoms with E-state index in [-0.39, 0.29) is 29.4 Å². The number of aliphatic hydroxyl groups excluding tert-OH is 6. The van der Waals surface area contributed by atoms with E-state index in [0.29, 0.717) is 16.7 Å². The summed E-state index contributed by atoms with van der Waals surface area (Å²) in [6.45, 7) is -1.70. The molecule has 1 saturated heterocycles. The molecule has 2 aromatic carbocycles. The highest BCUT2D eigenvalue weighted by atomic mass is 16.7. The molecule has 12 heteroatoms. The summed E-state index contributed by atoms with van der Waals surface area (Å²) in [5.74, 6) is -1.13. The highest BCUT2D eigenvalue weighted by Gasteiger charge is 2.48. The molecule has 0 amide bonds. The molecule has 0 unspecified atom stereocenters. The first-order chi connectivity index (χ1) is 18.1. The number of rotatable bonds is 8. The molecule has 0 saturated carbocycles. The average molecular weight is 539 g/mol. The second kappa shape index (κ2) is 11.2. The van der Waals surface area contributed by atoms with Crippen molar-refractivity contribution >= 4 is 0 Å². The number of ether oxygens (including phenoxy) is 4. The molecule has 2 aromatic rings. The highest BCUT2D eigenvalue weighted by molar-refractivity contribution is 5.54. The SMILES string of the molecule is COc1cc2c(cc1O)C[C@](O)(CO)[C@H](CO)[C@@H]2c1ccc(O[C@@H]2O[C@@H](CO)[C@@H](O)[C@@H](O)[C@H]2O)c(OC)c1. The molecular formula is C26H34O12. The molecule has 12 nitrogen and oxygen atoms in total. The van der Waals surface area contributed by atoms with Gasteiger partial charge in [-0.05, 0) is 41.0 Å². The normalized spacial score (nSPS) is 32.9. The van der Waals surface area contributed by atoms with Crippen LogP contribution in [0.25, 0.3) is 0 Å². The van der Waals surface area contributed by atoms with E-state index in [1.807, 2.05) is 0 Å². The van der Waals surface area contributed by atoms with Crippen LogP contribution in [0.5, 0.6) is 23.0 Å². The quantitative estimate of drug-likeness (QED) is 0.196. The predicted octanol–water partition coefficient (Wildman–Crippen LogP) is -1.39. The van der Waals surface area contributed by atoms with Crippen LogP contribution in [0.15, 0.2) is 30.3 Å². The lowest BCUT2D eigenvalue weighted by Gasteiger charge is -2.44. The van der Waals surface area contributed by atoms with E-state index < -0.39 is 68.0 Å². The van der Waals surface area contributed by atoms with Crippen molar-refractivity contribution in [2.24, 2.45) is 5.92 Å². The summed E-state index contributed by atoms with van der Waals surface area (Å²) in [5, 5.41) is 81.8. The van der Waals surface area contributed by atoms with Gasteiger partial charge in [0.05, 0.1) is 33.0 Å². The lowest BCUT2D eigenvalue weighted by atomic mass is 9.64. The van der Waals surface area contributed by atoms with Gasteiger partial charge in [-0.15, -0.1) is 0 Å². The summed E-state index contributed by atoms with van der Waals surface area (Å²) >= 11 is 0. The van der Waals surface area contributed by atoms with Crippen molar-refractivity contribution in [3.63, 3.8) is 0 Å². The van der Waals surface area contributed by atoms with E-state index >= 15 is 0 Å². The van der Waals surface area contributed by atoms with Crippen LogP contribution in [0.2, 0.25) is 0 Å². The number of phenolic OH excluding ortho intramolecular Hbond substituents is 1. The number of methoxy groups -OCH3 is 2. The van der Waals surface area contributed by atoms with Gasteiger partial charge in [0.15, 0.2) is 23.0 Å². The maximum atomic E-state index is 11.3. The zero-order valence-electron chi connectivity index (χ0n) is 21.0. The first-order valence-corrected chi connectivity index (χ1v) is 12.1. The fourth-order valence-electron chi connectivity index (χ4n) is 5.35. The van der Waals surface area contributed by atoms with Gasteiger partial charge >= 0.3 is 0 Å². The Hall–Kier alpha value is -2.68. The van der Waals surface area contributed by atoms with Crippen LogP contribution in [-0.2, 0) is 11.2 Å². The second-order valence-electron chi connectivity index (χ2n) is 9.65. The molecule has 210 valence electrons. The molecule has 0 radical (unpaired) electrons. The van der Waals surface area contributed by atoms with Crippen molar-refractivity contribution in [3.8, 4) is 23.0 Å². The van der Waals surface area contributed by atoms with Crippen molar-refractivity contribution in [3.05, 3.63) is 47.0 Å². The van der Waals surface area contributed by atoms with Gasteiger partial charge in [-0.2, -0.15) is 0 Å². The van der Waals surface area contributed by atoms with Crippen molar-refractivity contribution in [1.82, 2.24) is 0 Å². The number of hydrogen-bond acceptors (Lipinski definition) is 12. The van der Waals surface area contributed by atoms with Crippen LogP contribution < -0.4 is 14.2 Å². The largest absolute Gasteiger partial charge is 0.504 e. The highest BCUT2D eigenvalue weighted by Crippen LogP contribution is 2.49. The van der Waals surface area contributed by atoms with E-state index in [9.17, 15) is 40.9 Å². The standard InChI is InChI=1S/C26H34O12/c1-35-18-7-14-13(5-16(18)30)8-26(34,11-29)15(9-27)21(14)12-3-4-17(19(6-12)36-2)37-25-24(33)23(32)22(31)20(10-28)38-25/h3-7,15,20-25,27-34H,8-11H2,1-2H3/t15-,20+,21-,22-,23-,24-,25-,26+/m1/s1. The van der Waals surface area contributed by atoms with Crippen molar-refractivity contribution in [2.75, 3.05) is 34.0 Å². The van der Waals surface area contributed by atoms with Gasteiger partial charge in [-0.3, -0.25) is 0 Å². The molecule has 4 rings (SSSR count). The third-order valence-corrected chi connectivity index (χ3v) is 7.47. The summed E-state index contributed by atoms with van der Waals surface area (Å²) in [6, 6.07) is 7.83. The van der Waals surface area contributed by atoms with E-state index in [2.05, 4.69) is 0 Å². The van der Waals surface area contributed by atoms with Crippen molar-refractivity contribution < 1.29 is 59.8 Å². The molecule has 0 bridgehead atoms. The zero-order chi connectivity index (χ0) is 27.8. The molecule has 0 aromatic heterocycles. The topological polar surface area (TPSA) is 199 Å². The fraction of sp³-hybridized carbons (Fsp3) is 0.538. The smallest absolute Gasteiger partial charge is 0.229 e. The predicted molar refractivity (Wildman–Crippen MR) is 130 cm³/mol. The molecule has 1 aliphatic carbocycles. The summed E-state index contributed by atoms with van der Waals surface area (Å²) in [5.41, 5.74) is 0.117. The number of aliphatic hydroxyl groups is 7. The summed E-state index contributed by atoms with van der Waals surface area (Å²) in [4.78, 5) is 0. The minimum Gasteiger partial charge on any atom is -0.504 e. The van der Waals surface area contributed by atoms with Crippen LogP contribution in [0, 0.1) is 5.92 Å². The molecule has 8 atom stereocenters. The Labute approximate surface area is 218 Å². The summed E-state index contributed by atoms with van der Waals surface area (Å²) < 4.78 is 21.9. The number of phenols is 1. The molecule has 0 spiro atoms. The Bertz CT molecular complexity index is 1120. The van der Waals surface area contributed by atoms with Gasteiger partial charge in [-0.1, -0.05) is 6.07 Å². The average Bonchev–Trinajstić information content (AvgIpc) is 2.92. The van der Waals surface area contributed by atoms with Gasteiger partial charge in [-0.25, -0.2) is 0 Å². The third kappa shape index (κ3) is 4.90. The summed E-state index contributed by atoms with van der Waals surface area (Å²) in [7, 11) is 2.78. The Kier molecular flexibility index (Phi) is 8.35. The first-order valence-electron chi connectivity index (χ1n) is 12.1. The molecule has 38 heavy (non-hydrogen) atoms. The lowest BCUT2D eigenvalue weighted by Crippen LogP contribution is -2.60. The van der Waals surface area contributed by atoms with Gasteiger partial charge in [0.25, 0.3) is 0 Å². The van der Waals surface area contributed by atoms with Crippen LogP contribution >= 0.6 is 0 Å². The third-order valence-electron chi connectivity index (χ3n) is 7.47. The van der Waals surface area contributed by atoms with E-state index in [4.69, 9.17) is 18.9 Å². The maximum Gasteiger partial charge on any atom is 0.229 e. The van der Waals surface area contributed by atoms with E-state index in [1.165, 1.54) is 26.4 Å². The molecule has 1 aliphatic heterocycles. The van der Waals surface area contributed by atoms with Gasteiger partial charge in [0.2, 0.25) is 6.29 Å². The molecule has 8 N–H and O–H groups in total. The van der Waals surface area contributed by atoms with Gasteiger partial charge in [0, 0.05) is 24.9 Å². The van der Waals surface area contributed by atoms with Crippen LogP contribution in [0.4, 0.5) is 0 Å². The molecule has 1 heterocycles. The number of hydrogen-bond donors (Lipinski definition) is 8. The van der Waals surface area contributed by atoms with Crippen molar-refractivity contribution in [1.29, 1.82) is 0 Å². The lowest BCUT2D eigenvalue weighted by molar-refractivity contribution is -0.277. The second-order valence-corrected chi connectivity index (χ2v) is 9.65. The van der Waals surface area contributed by atoms with Crippen LogP contribution in [-0.4, -0.2) is 111 Å². The van der Waals surface area contributed by atoms with Crippen LogP contribution in [0.1, 0.15) is 22.6 Å². The monoisotopic (exact) mass is 538 g/mol. The molecule has 2 aliphatic rings. The number of aromatic hydroxyl groups is 1. The minimum atomic E-state index is -1.69. The number of fused-ring (bicyclic) bond motifs is 1. The Balaban J connectivity index is 1.74. The fourth-order valence-corrected chi connectivity index (χ4v) is 5.35. The van der Waals surface area contributed by atoms with Gasteiger partial charge in [0.1, 0.15) is 24.4 Å². The van der Waals surface area contributed by atoms with E-state index in [1.54, 1.807) is 18.2 Å².